The first-order chi connectivity index (χ1) is 14.8. The van der Waals surface area contributed by atoms with Crippen LogP contribution in [0.1, 0.15) is 5.56 Å². The fourth-order valence-corrected chi connectivity index (χ4v) is 4.66. The lowest BCUT2D eigenvalue weighted by Gasteiger charge is -2.04. The Kier molecular flexibility index (Phi) is 3.79. The zero-order chi connectivity index (χ0) is 20.1. The lowest BCUT2D eigenvalue weighted by molar-refractivity contribution is 1.12. The molecular weight excluding hydrogens is 390 g/mol. The third kappa shape index (κ3) is 2.65. The molecule has 144 valence electrons. The summed E-state index contributed by atoms with van der Waals surface area (Å²) in [7, 11) is 0. The van der Waals surface area contributed by atoms with E-state index in [9.17, 15) is 0 Å². The van der Waals surface area contributed by atoms with Crippen LogP contribution < -0.4 is 0 Å². The molecule has 5 nitrogen and oxygen atoms in total. The molecule has 6 rings (SSSR count). The number of aromatic nitrogens is 5. The van der Waals surface area contributed by atoms with Gasteiger partial charge in [-0.3, -0.25) is 10.1 Å². The van der Waals surface area contributed by atoms with Crippen molar-refractivity contribution in [1.82, 2.24) is 25.1 Å². The maximum atomic E-state index is 4.93. The van der Waals surface area contributed by atoms with Crippen LogP contribution in [0.3, 0.4) is 0 Å². The van der Waals surface area contributed by atoms with Gasteiger partial charge in [0.2, 0.25) is 0 Å². The van der Waals surface area contributed by atoms with Crippen LogP contribution in [-0.4, -0.2) is 25.1 Å². The summed E-state index contributed by atoms with van der Waals surface area (Å²) < 4.78 is 0. The molecule has 0 aliphatic heterocycles. The summed E-state index contributed by atoms with van der Waals surface area (Å²) in [5.74, 6) is 0. The van der Waals surface area contributed by atoms with Gasteiger partial charge in [-0.25, -0.2) is 4.98 Å². The third-order valence-corrected chi connectivity index (χ3v) is 6.33. The van der Waals surface area contributed by atoms with E-state index in [0.29, 0.717) is 0 Å². The highest BCUT2D eigenvalue weighted by molar-refractivity contribution is 7.13. The Balaban J connectivity index is 1.53. The molecule has 0 bridgehead atoms. The molecular formula is C24H17N5S. The summed E-state index contributed by atoms with van der Waals surface area (Å²) in [5.41, 5.74) is 8.92. The molecule has 6 heteroatoms. The van der Waals surface area contributed by atoms with Gasteiger partial charge in [0.1, 0.15) is 11.2 Å². The van der Waals surface area contributed by atoms with Crippen molar-refractivity contribution in [2.24, 2.45) is 0 Å². The second-order valence-corrected chi connectivity index (χ2v) is 8.23. The van der Waals surface area contributed by atoms with Crippen molar-refractivity contribution in [3.05, 3.63) is 77.9 Å². The molecule has 0 aliphatic rings. The Morgan fingerprint density at radius 1 is 0.933 bits per heavy atom. The predicted molar refractivity (Wildman–Crippen MR) is 122 cm³/mol. The van der Waals surface area contributed by atoms with Gasteiger partial charge in [0, 0.05) is 39.3 Å². The van der Waals surface area contributed by atoms with Gasteiger partial charge in [-0.1, -0.05) is 18.2 Å². The zero-order valence-electron chi connectivity index (χ0n) is 16.2. The van der Waals surface area contributed by atoms with E-state index in [2.05, 4.69) is 68.9 Å². The number of aromatic amines is 2. The number of pyridine rings is 2. The van der Waals surface area contributed by atoms with E-state index in [-0.39, 0.29) is 0 Å². The number of hydrogen-bond acceptors (Lipinski definition) is 4. The average molecular weight is 408 g/mol. The van der Waals surface area contributed by atoms with Gasteiger partial charge >= 0.3 is 0 Å². The minimum atomic E-state index is 0.821. The van der Waals surface area contributed by atoms with Crippen molar-refractivity contribution >= 4 is 33.3 Å². The summed E-state index contributed by atoms with van der Waals surface area (Å²) in [4.78, 5) is 14.0. The maximum Gasteiger partial charge on any atom is 0.135 e. The largest absolute Gasteiger partial charge is 0.353 e. The molecule has 0 amide bonds. The molecule has 6 aromatic rings. The summed E-state index contributed by atoms with van der Waals surface area (Å²) in [6, 6.07) is 18.8. The first-order valence-electron chi connectivity index (χ1n) is 9.70. The third-order valence-electron chi connectivity index (χ3n) is 5.43. The van der Waals surface area contributed by atoms with Crippen molar-refractivity contribution in [2.75, 3.05) is 0 Å². The van der Waals surface area contributed by atoms with Crippen molar-refractivity contribution in [1.29, 1.82) is 0 Å². The summed E-state index contributed by atoms with van der Waals surface area (Å²) in [6.45, 7) is 2.07. The summed E-state index contributed by atoms with van der Waals surface area (Å²) in [6.07, 6.45) is 3.66. The van der Waals surface area contributed by atoms with Crippen molar-refractivity contribution in [2.45, 2.75) is 6.92 Å². The predicted octanol–water partition coefficient (Wildman–Crippen LogP) is 6.21. The molecule has 0 saturated heterocycles. The molecule has 1 aromatic carbocycles. The van der Waals surface area contributed by atoms with Crippen molar-refractivity contribution < 1.29 is 0 Å². The second-order valence-electron chi connectivity index (χ2n) is 7.28. The molecule has 0 radical (unpaired) electrons. The highest BCUT2D eigenvalue weighted by atomic mass is 32.1. The minimum Gasteiger partial charge on any atom is -0.353 e. The second kappa shape index (κ2) is 6.64. The molecule has 0 fully saturated rings. The Bertz CT molecular complexity index is 1510. The van der Waals surface area contributed by atoms with Crippen LogP contribution in [0.15, 0.2) is 72.4 Å². The number of hydrogen-bond donors (Lipinski definition) is 2. The highest BCUT2D eigenvalue weighted by Gasteiger charge is 2.16. The maximum absolute atomic E-state index is 4.93. The first kappa shape index (κ1) is 17.1. The Hall–Kier alpha value is -3.77. The van der Waals surface area contributed by atoms with Crippen molar-refractivity contribution in [3.63, 3.8) is 0 Å². The van der Waals surface area contributed by atoms with E-state index in [4.69, 9.17) is 4.98 Å². The Morgan fingerprint density at radius 3 is 2.77 bits per heavy atom. The lowest BCUT2D eigenvalue weighted by atomic mass is 10.1. The Labute approximate surface area is 176 Å². The van der Waals surface area contributed by atoms with E-state index < -0.39 is 0 Å². The van der Waals surface area contributed by atoms with E-state index in [1.165, 1.54) is 15.8 Å². The lowest BCUT2D eigenvalue weighted by Crippen LogP contribution is -1.89. The monoisotopic (exact) mass is 407 g/mol. The van der Waals surface area contributed by atoms with Gasteiger partial charge in [0.15, 0.2) is 0 Å². The van der Waals surface area contributed by atoms with E-state index in [1.807, 2.05) is 24.4 Å². The minimum absolute atomic E-state index is 0.821. The molecule has 5 aromatic heterocycles. The van der Waals surface area contributed by atoms with Crippen LogP contribution in [0.25, 0.3) is 55.0 Å². The number of nitrogens with zero attached hydrogens (tertiary/aromatic N) is 3. The van der Waals surface area contributed by atoms with E-state index in [0.717, 1.165) is 44.8 Å². The smallest absolute Gasteiger partial charge is 0.135 e. The van der Waals surface area contributed by atoms with E-state index >= 15 is 0 Å². The molecule has 0 saturated carbocycles. The van der Waals surface area contributed by atoms with Gasteiger partial charge in [-0.05, 0) is 54.3 Å². The van der Waals surface area contributed by atoms with Gasteiger partial charge in [-0.2, -0.15) is 5.10 Å². The quantitative estimate of drug-likeness (QED) is 0.367. The highest BCUT2D eigenvalue weighted by Crippen LogP contribution is 2.35. The standard InChI is InChI=1S/C24H17N5S/c1-14-9-10-25-13-17(14)19-7-8-20-23(27-19)24(29-28-20)21-12-16-15(22-6-3-11-30-22)4-2-5-18(16)26-21/h2-13,26H,1H3,(H,28,29). The van der Waals surface area contributed by atoms with Crippen LogP contribution in [-0.2, 0) is 0 Å². The molecule has 0 unspecified atom stereocenters. The fraction of sp³-hybridized carbons (Fsp3) is 0.0417. The normalized spacial score (nSPS) is 11.5. The number of aryl methyl sites for hydroxylation is 1. The van der Waals surface area contributed by atoms with Gasteiger partial charge in [0.25, 0.3) is 0 Å². The summed E-state index contributed by atoms with van der Waals surface area (Å²) >= 11 is 1.75. The van der Waals surface area contributed by atoms with Crippen molar-refractivity contribution in [3.8, 4) is 33.1 Å². The molecule has 0 atom stereocenters. The number of rotatable bonds is 3. The Morgan fingerprint density at radius 2 is 1.90 bits per heavy atom. The topological polar surface area (TPSA) is 70.2 Å². The average Bonchev–Trinajstić information content (AvgIpc) is 3.51. The molecule has 2 N–H and O–H groups in total. The number of benzene rings is 1. The van der Waals surface area contributed by atoms with Gasteiger partial charge in [0.05, 0.1) is 16.9 Å². The van der Waals surface area contributed by atoms with Crippen LogP contribution in [0.5, 0.6) is 0 Å². The van der Waals surface area contributed by atoms with E-state index in [1.54, 1.807) is 17.5 Å². The summed E-state index contributed by atoms with van der Waals surface area (Å²) in [5, 5.41) is 11.0. The first-order valence-corrected chi connectivity index (χ1v) is 10.6. The van der Waals surface area contributed by atoms with Crippen LogP contribution in [0.4, 0.5) is 0 Å². The van der Waals surface area contributed by atoms with Crippen LogP contribution >= 0.6 is 11.3 Å². The van der Waals surface area contributed by atoms with Crippen LogP contribution in [0.2, 0.25) is 0 Å². The SMILES string of the molecule is Cc1ccncc1-c1ccc2[nH]nc(-c3cc4c(-c5cccs5)cccc4[nH]3)c2n1. The number of thiophene rings is 1. The molecule has 5 heterocycles. The molecule has 30 heavy (non-hydrogen) atoms. The fourth-order valence-electron chi connectivity index (χ4n) is 3.90. The van der Waals surface area contributed by atoms with Gasteiger partial charge < -0.3 is 4.98 Å². The van der Waals surface area contributed by atoms with Crippen LogP contribution in [0, 0.1) is 6.92 Å². The molecule has 0 spiro atoms. The van der Waals surface area contributed by atoms with Gasteiger partial charge in [-0.15, -0.1) is 11.3 Å². The number of fused-ring (bicyclic) bond motifs is 2. The zero-order valence-corrected chi connectivity index (χ0v) is 17.0. The number of nitrogens with one attached hydrogen (secondary N) is 2. The molecule has 0 aliphatic carbocycles. The number of H-pyrrole nitrogens is 2.